The Labute approximate surface area is 122 Å². The molecule has 2 rings (SSSR count). The second-order valence-corrected chi connectivity index (χ2v) is 5.04. The number of hydrazine groups is 1. The summed E-state index contributed by atoms with van der Waals surface area (Å²) in [5.74, 6) is 0. The fraction of sp³-hybridized carbons (Fsp3) is 0.364. The molecule has 0 saturated carbocycles. The Hall–Kier alpha value is -1.78. The van der Waals surface area contributed by atoms with Crippen LogP contribution in [-0.4, -0.2) is 41.0 Å². The third kappa shape index (κ3) is 5.61. The van der Waals surface area contributed by atoms with E-state index in [4.69, 9.17) is 18.6 Å². The average Bonchev–Trinajstić information content (AvgIpc) is 2.68. The van der Waals surface area contributed by atoms with E-state index < -0.39 is 10.2 Å². The van der Waals surface area contributed by atoms with Crippen LogP contribution in [0.15, 0.2) is 24.3 Å². The number of nitro benzene ring substituents is 1. The first-order valence-electron chi connectivity index (χ1n) is 5.77. The summed E-state index contributed by atoms with van der Waals surface area (Å²) in [6.07, 6.45) is 0.925. The summed E-state index contributed by atoms with van der Waals surface area (Å²) < 4.78 is 36.0. The van der Waals surface area contributed by atoms with Crippen molar-refractivity contribution >= 4 is 11.4 Å². The van der Waals surface area contributed by atoms with E-state index in [2.05, 4.69) is 5.01 Å². The molecule has 0 N–H and O–H groups in total. The van der Waals surface area contributed by atoms with E-state index in [0.29, 0.717) is 0 Å². The Morgan fingerprint density at radius 3 is 2.29 bits per heavy atom. The van der Waals surface area contributed by atoms with E-state index in [1.54, 1.807) is 12.1 Å². The molecular formula is C11H14ClN3O6. The molecule has 1 aromatic rings. The van der Waals surface area contributed by atoms with Gasteiger partial charge in [0.2, 0.25) is 5.71 Å². The Bertz CT molecular complexity index is 551. The molecule has 0 saturated heterocycles. The number of hydrogen-bond donors (Lipinski definition) is 0. The summed E-state index contributed by atoms with van der Waals surface area (Å²) in [5, 5.41) is 12.8. The van der Waals surface area contributed by atoms with Crippen molar-refractivity contribution in [3.05, 3.63) is 39.9 Å². The van der Waals surface area contributed by atoms with Gasteiger partial charge in [0.1, 0.15) is 0 Å². The van der Waals surface area contributed by atoms with Crippen molar-refractivity contribution in [1.82, 2.24) is 5.01 Å². The fourth-order valence-corrected chi connectivity index (χ4v) is 1.92. The van der Waals surface area contributed by atoms with Gasteiger partial charge in [0.25, 0.3) is 5.69 Å². The minimum atomic E-state index is -4.94. The molecule has 0 unspecified atom stereocenters. The lowest BCUT2D eigenvalue weighted by molar-refractivity contribution is -2.00. The van der Waals surface area contributed by atoms with Crippen LogP contribution >= 0.6 is 0 Å². The number of hydrogen-bond acceptors (Lipinski definition) is 7. The van der Waals surface area contributed by atoms with Gasteiger partial charge in [-0.15, -0.1) is 14.9 Å². The van der Waals surface area contributed by atoms with Gasteiger partial charge in [0, 0.05) is 12.1 Å². The summed E-state index contributed by atoms with van der Waals surface area (Å²) in [7, 11) is -0.967. The van der Waals surface area contributed by atoms with Crippen molar-refractivity contribution in [3.8, 4) is 0 Å². The van der Waals surface area contributed by atoms with Crippen LogP contribution in [0, 0.1) is 20.4 Å². The third-order valence-electron chi connectivity index (χ3n) is 2.97. The van der Waals surface area contributed by atoms with Gasteiger partial charge in [-0.05, 0) is 6.07 Å². The molecule has 0 aliphatic carbocycles. The third-order valence-corrected chi connectivity index (χ3v) is 2.97. The highest BCUT2D eigenvalue weighted by molar-refractivity contribution is 5.97. The van der Waals surface area contributed by atoms with E-state index in [1.807, 2.05) is 24.8 Å². The van der Waals surface area contributed by atoms with Crippen LogP contribution in [0.3, 0.4) is 0 Å². The van der Waals surface area contributed by atoms with Gasteiger partial charge in [-0.3, -0.25) is 10.1 Å². The standard InChI is InChI=1S/C11H14N3O2.ClHO4/c1-12-7-6-11(13(12)2)9-4-3-5-10(8-9)14(15)16;2-1(3,4)5/h3-5,8H,6-7H2,1-2H3;(H,2,3,4,5)/q+1;/p-1. The molecule has 0 atom stereocenters. The van der Waals surface area contributed by atoms with E-state index in [9.17, 15) is 10.1 Å². The number of hydrazone groups is 1. The molecule has 21 heavy (non-hydrogen) atoms. The van der Waals surface area contributed by atoms with Crippen molar-refractivity contribution in [2.24, 2.45) is 0 Å². The van der Waals surface area contributed by atoms with Gasteiger partial charge in [-0.2, -0.15) is 5.01 Å². The van der Waals surface area contributed by atoms with Crippen LogP contribution in [0.2, 0.25) is 0 Å². The summed E-state index contributed by atoms with van der Waals surface area (Å²) in [6, 6.07) is 6.79. The van der Waals surface area contributed by atoms with Crippen LogP contribution in [0.25, 0.3) is 0 Å². The molecule has 9 nitrogen and oxygen atoms in total. The van der Waals surface area contributed by atoms with Gasteiger partial charge in [0.15, 0.2) is 7.05 Å². The second kappa shape index (κ2) is 6.78. The Kier molecular flexibility index (Phi) is 5.58. The SMILES string of the molecule is CN1CCC(c2cccc([N+](=O)[O-])c2)=[N+]1C.[O-][Cl+3]([O-])([O-])[O-]. The molecule has 0 amide bonds. The van der Waals surface area contributed by atoms with E-state index in [-0.39, 0.29) is 10.6 Å². The Morgan fingerprint density at radius 2 is 1.86 bits per heavy atom. The summed E-state index contributed by atoms with van der Waals surface area (Å²) in [4.78, 5) is 10.3. The minimum absolute atomic E-state index is 0.146. The quantitative estimate of drug-likeness (QED) is 0.313. The molecule has 0 spiro atoms. The summed E-state index contributed by atoms with van der Waals surface area (Å²) in [5.41, 5.74) is 2.21. The maximum atomic E-state index is 10.7. The summed E-state index contributed by atoms with van der Waals surface area (Å²) in [6.45, 7) is 0.953. The Balaban J connectivity index is 0.000000383. The second-order valence-electron chi connectivity index (χ2n) is 4.29. The Morgan fingerprint density at radius 1 is 1.29 bits per heavy atom. The minimum Gasteiger partial charge on any atom is -0.258 e. The van der Waals surface area contributed by atoms with E-state index in [0.717, 1.165) is 24.2 Å². The monoisotopic (exact) mass is 319 g/mol. The van der Waals surface area contributed by atoms with Crippen molar-refractivity contribution < 1.29 is 38.5 Å². The van der Waals surface area contributed by atoms with Crippen LogP contribution in [0.4, 0.5) is 5.69 Å². The number of nitrogens with zero attached hydrogens (tertiary/aromatic N) is 3. The lowest BCUT2D eigenvalue weighted by Crippen LogP contribution is -2.68. The molecule has 1 aliphatic heterocycles. The van der Waals surface area contributed by atoms with Crippen molar-refractivity contribution in [1.29, 1.82) is 0 Å². The predicted octanol–water partition coefficient (Wildman–Crippen LogP) is -3.48. The maximum Gasteiger partial charge on any atom is 0.270 e. The van der Waals surface area contributed by atoms with Gasteiger partial charge in [-0.25, -0.2) is 18.6 Å². The fourth-order valence-electron chi connectivity index (χ4n) is 1.92. The first-order chi connectivity index (χ1) is 9.59. The maximum absolute atomic E-state index is 10.7. The average molecular weight is 320 g/mol. The topological polar surface area (TPSA) is 142 Å². The van der Waals surface area contributed by atoms with Gasteiger partial charge in [0.05, 0.1) is 30.5 Å². The normalized spacial score (nSPS) is 14.9. The molecule has 10 heteroatoms. The zero-order valence-corrected chi connectivity index (χ0v) is 12.1. The number of rotatable bonds is 2. The van der Waals surface area contributed by atoms with Gasteiger partial charge < -0.3 is 0 Å². The smallest absolute Gasteiger partial charge is 0.258 e. The molecule has 1 heterocycles. The first-order valence-corrected chi connectivity index (χ1v) is 7.00. The zero-order chi connectivity index (χ0) is 16.2. The van der Waals surface area contributed by atoms with E-state index >= 15 is 0 Å². The van der Waals surface area contributed by atoms with Gasteiger partial charge in [-0.1, -0.05) is 6.07 Å². The number of non-ortho nitro benzene ring substituents is 1. The van der Waals surface area contributed by atoms with Crippen molar-refractivity contribution in [3.63, 3.8) is 0 Å². The van der Waals surface area contributed by atoms with Crippen LogP contribution in [-0.2, 0) is 0 Å². The molecule has 116 valence electrons. The number of halogens is 1. The molecular weight excluding hydrogens is 306 g/mol. The summed E-state index contributed by atoms with van der Waals surface area (Å²) >= 11 is 0. The molecule has 1 aromatic carbocycles. The lowest BCUT2D eigenvalue weighted by Gasteiger charge is -2.17. The van der Waals surface area contributed by atoms with E-state index in [1.165, 1.54) is 6.07 Å². The van der Waals surface area contributed by atoms with Crippen LogP contribution in [0.5, 0.6) is 0 Å². The largest absolute Gasteiger partial charge is 0.270 e. The molecule has 0 aromatic heterocycles. The zero-order valence-electron chi connectivity index (χ0n) is 11.4. The molecule has 0 fully saturated rings. The van der Waals surface area contributed by atoms with Crippen molar-refractivity contribution in [2.45, 2.75) is 6.42 Å². The number of benzene rings is 1. The predicted molar refractivity (Wildman–Crippen MR) is 60.6 cm³/mol. The molecule has 0 bridgehead atoms. The number of nitro groups is 1. The van der Waals surface area contributed by atoms with Gasteiger partial charge >= 0.3 is 0 Å². The molecule has 0 radical (unpaired) electrons. The first kappa shape index (κ1) is 17.3. The van der Waals surface area contributed by atoms with Crippen LogP contribution < -0.4 is 18.6 Å². The van der Waals surface area contributed by atoms with Crippen molar-refractivity contribution in [2.75, 3.05) is 20.6 Å². The highest BCUT2D eigenvalue weighted by Gasteiger charge is 2.26. The lowest BCUT2D eigenvalue weighted by atomic mass is 10.1. The highest BCUT2D eigenvalue weighted by Crippen LogP contribution is 2.17. The highest BCUT2D eigenvalue weighted by atomic mass is 35.7. The molecule has 1 aliphatic rings. The van der Waals surface area contributed by atoms with Crippen LogP contribution in [0.1, 0.15) is 12.0 Å².